The lowest BCUT2D eigenvalue weighted by Gasteiger charge is -2.20. The van der Waals surface area contributed by atoms with Crippen molar-refractivity contribution < 1.29 is 33.3 Å². The van der Waals surface area contributed by atoms with E-state index in [4.69, 9.17) is 18.6 Å². The fraction of sp³-hybridized carbons (Fsp3) is 0.258. The molecule has 0 spiro atoms. The molecule has 0 aliphatic heterocycles. The first-order valence-corrected chi connectivity index (χ1v) is 12.7. The van der Waals surface area contributed by atoms with Gasteiger partial charge in [0.15, 0.2) is 0 Å². The lowest BCUT2D eigenvalue weighted by Crippen LogP contribution is -2.37. The van der Waals surface area contributed by atoms with Gasteiger partial charge in [0.1, 0.15) is 29.6 Å². The summed E-state index contributed by atoms with van der Waals surface area (Å²) in [5.41, 5.74) is 2.49. The Morgan fingerprint density at radius 1 is 1.05 bits per heavy atom. The molecule has 1 aromatic heterocycles. The molecule has 3 aromatic rings. The van der Waals surface area contributed by atoms with Gasteiger partial charge in [0, 0.05) is 25.0 Å². The van der Waals surface area contributed by atoms with E-state index in [2.05, 4.69) is 22.9 Å². The van der Waals surface area contributed by atoms with Crippen molar-refractivity contribution >= 4 is 17.6 Å². The van der Waals surface area contributed by atoms with Gasteiger partial charge in [0.2, 0.25) is 5.89 Å². The van der Waals surface area contributed by atoms with Crippen LogP contribution in [-0.2, 0) is 17.8 Å². The summed E-state index contributed by atoms with van der Waals surface area (Å²) in [5, 5.41) is 9.29. The number of aliphatic carboxylic acids is 1. The van der Waals surface area contributed by atoms with Gasteiger partial charge in [0.05, 0.1) is 19.4 Å². The topological polar surface area (TPSA) is 111 Å². The van der Waals surface area contributed by atoms with Crippen molar-refractivity contribution in [1.82, 2.24) is 9.88 Å². The molecule has 1 aliphatic rings. The summed E-state index contributed by atoms with van der Waals surface area (Å²) in [6.45, 7) is 1.82. The molecule has 40 heavy (non-hydrogen) atoms. The number of rotatable bonds is 11. The van der Waals surface area contributed by atoms with E-state index < -0.39 is 18.6 Å². The fourth-order valence-corrected chi connectivity index (χ4v) is 3.89. The molecule has 0 bridgehead atoms. The molecule has 0 radical (unpaired) electrons. The Bertz CT molecular complexity index is 1440. The number of carboxylic acid groups (broad SMARTS) is 1. The van der Waals surface area contributed by atoms with Crippen LogP contribution in [0.25, 0.3) is 5.57 Å². The Hall–Kier alpha value is -4.97. The molecule has 2 aromatic carbocycles. The average Bonchev–Trinajstić information content (AvgIpc) is 3.29. The second kappa shape index (κ2) is 13.7. The van der Waals surface area contributed by atoms with Crippen LogP contribution in [0, 0.1) is 18.8 Å². The van der Waals surface area contributed by atoms with Crippen molar-refractivity contribution in [3.63, 3.8) is 0 Å². The molecule has 0 atom stereocenters. The van der Waals surface area contributed by atoms with E-state index in [0.717, 1.165) is 40.3 Å². The summed E-state index contributed by atoms with van der Waals surface area (Å²) < 4.78 is 22.2. The standard InChI is InChI=1S/C31H30N2O7/c1-22-28(32-30(39-22)24-8-6-4-3-5-7-9-24)18-19-38-26-12-10-23(11-13-26)20-33(21-29(34)35)31(36)40-27-16-14-25(37-2)15-17-27/h4,6,9-17H,3,8,18-21H2,1-2H3,(H,34,35)/b6-4-,24-9+. The number of carboxylic acids is 1. The van der Waals surface area contributed by atoms with Crippen molar-refractivity contribution in [3.05, 3.63) is 89.7 Å². The highest BCUT2D eigenvalue weighted by Gasteiger charge is 2.20. The van der Waals surface area contributed by atoms with Gasteiger partial charge in [-0.3, -0.25) is 9.69 Å². The van der Waals surface area contributed by atoms with E-state index in [1.54, 1.807) is 48.5 Å². The second-order valence-electron chi connectivity index (χ2n) is 8.93. The van der Waals surface area contributed by atoms with Gasteiger partial charge in [-0.15, -0.1) is 0 Å². The van der Waals surface area contributed by atoms with Crippen molar-refractivity contribution in [2.24, 2.45) is 0 Å². The van der Waals surface area contributed by atoms with Gasteiger partial charge < -0.3 is 23.7 Å². The fourth-order valence-electron chi connectivity index (χ4n) is 3.89. The number of ether oxygens (including phenoxy) is 3. The van der Waals surface area contributed by atoms with Crippen LogP contribution in [0.1, 0.15) is 35.7 Å². The molecule has 0 saturated carbocycles. The number of carbonyl (C=O) groups is 2. The quantitative estimate of drug-likeness (QED) is 0.252. The van der Waals surface area contributed by atoms with E-state index in [-0.39, 0.29) is 12.3 Å². The van der Waals surface area contributed by atoms with E-state index >= 15 is 0 Å². The highest BCUT2D eigenvalue weighted by atomic mass is 16.6. The number of nitrogens with zero attached hydrogens (tertiary/aromatic N) is 2. The van der Waals surface area contributed by atoms with E-state index in [9.17, 15) is 14.7 Å². The predicted octanol–water partition coefficient (Wildman–Crippen LogP) is 5.44. The van der Waals surface area contributed by atoms with Crippen LogP contribution in [0.3, 0.4) is 0 Å². The third-order valence-corrected chi connectivity index (χ3v) is 5.99. The first kappa shape index (κ1) is 28.0. The summed E-state index contributed by atoms with van der Waals surface area (Å²) in [4.78, 5) is 29.8. The van der Waals surface area contributed by atoms with Crippen molar-refractivity contribution in [2.45, 2.75) is 32.7 Å². The van der Waals surface area contributed by atoms with Crippen LogP contribution in [0.2, 0.25) is 0 Å². The largest absolute Gasteiger partial charge is 0.497 e. The molecule has 1 aliphatic carbocycles. The molecule has 4 rings (SSSR count). The summed E-state index contributed by atoms with van der Waals surface area (Å²) in [6, 6.07) is 13.5. The molecule has 0 unspecified atom stereocenters. The summed E-state index contributed by atoms with van der Waals surface area (Å²) in [6.07, 6.45) is 7.22. The van der Waals surface area contributed by atoms with Crippen LogP contribution in [-0.4, -0.2) is 47.3 Å². The number of benzene rings is 2. The van der Waals surface area contributed by atoms with E-state index in [1.807, 2.05) is 19.1 Å². The normalized spacial score (nSPS) is 14.4. The first-order chi connectivity index (χ1) is 19.4. The summed E-state index contributed by atoms with van der Waals surface area (Å²) in [7, 11) is 1.53. The SMILES string of the molecule is COc1ccc(OC(=O)N(CC(=O)O)Cc2ccc(OCCc3nc(/C4=C/C#CC/C=C\C4)oc3C)cc2)cc1. The Kier molecular flexibility index (Phi) is 9.62. The minimum Gasteiger partial charge on any atom is -0.497 e. The van der Waals surface area contributed by atoms with Crippen LogP contribution in [0.4, 0.5) is 4.79 Å². The van der Waals surface area contributed by atoms with Crippen molar-refractivity contribution in [1.29, 1.82) is 0 Å². The van der Waals surface area contributed by atoms with E-state index in [1.165, 1.54) is 7.11 Å². The third-order valence-electron chi connectivity index (χ3n) is 5.99. The molecule has 9 heteroatoms. The Morgan fingerprint density at radius 2 is 1.77 bits per heavy atom. The predicted molar refractivity (Wildman–Crippen MR) is 148 cm³/mol. The molecule has 206 valence electrons. The number of methoxy groups -OCH3 is 1. The lowest BCUT2D eigenvalue weighted by atomic mass is 10.1. The minimum absolute atomic E-state index is 0.0535. The van der Waals surface area contributed by atoms with Gasteiger partial charge in [-0.2, -0.15) is 0 Å². The van der Waals surface area contributed by atoms with Crippen LogP contribution >= 0.6 is 0 Å². The molecule has 1 heterocycles. The molecule has 0 fully saturated rings. The maximum Gasteiger partial charge on any atom is 0.416 e. The van der Waals surface area contributed by atoms with Crippen molar-refractivity contribution in [3.8, 4) is 29.1 Å². The Labute approximate surface area is 232 Å². The maximum absolute atomic E-state index is 12.7. The molecular formula is C31H30N2O7. The number of allylic oxidation sites excluding steroid dienone is 4. The molecule has 0 saturated heterocycles. The van der Waals surface area contributed by atoms with Gasteiger partial charge in [0.25, 0.3) is 0 Å². The average molecular weight is 543 g/mol. The molecule has 9 nitrogen and oxygen atoms in total. The van der Waals surface area contributed by atoms with E-state index in [0.29, 0.717) is 30.4 Å². The number of oxazole rings is 1. The summed E-state index contributed by atoms with van der Waals surface area (Å²) >= 11 is 0. The smallest absolute Gasteiger partial charge is 0.416 e. The van der Waals surface area contributed by atoms with Gasteiger partial charge >= 0.3 is 12.1 Å². The number of aromatic nitrogens is 1. The van der Waals surface area contributed by atoms with Gasteiger partial charge in [-0.05, 0) is 61.4 Å². The summed E-state index contributed by atoms with van der Waals surface area (Å²) in [5.74, 6) is 7.78. The zero-order valence-corrected chi connectivity index (χ0v) is 22.4. The Morgan fingerprint density at radius 3 is 2.50 bits per heavy atom. The second-order valence-corrected chi connectivity index (χ2v) is 8.93. The lowest BCUT2D eigenvalue weighted by molar-refractivity contribution is -0.138. The van der Waals surface area contributed by atoms with Crippen molar-refractivity contribution in [2.75, 3.05) is 20.3 Å². The van der Waals surface area contributed by atoms with Crippen LogP contribution in [0.5, 0.6) is 17.2 Å². The Balaban J connectivity index is 1.31. The van der Waals surface area contributed by atoms with Gasteiger partial charge in [-0.25, -0.2) is 9.78 Å². The number of carbonyl (C=O) groups excluding carboxylic acids is 1. The third kappa shape index (κ3) is 8.01. The number of aryl methyl sites for hydroxylation is 1. The molecule has 1 amide bonds. The zero-order valence-electron chi connectivity index (χ0n) is 22.4. The maximum atomic E-state index is 12.7. The molecule has 1 N–H and O–H groups in total. The number of hydrogen-bond acceptors (Lipinski definition) is 7. The monoisotopic (exact) mass is 542 g/mol. The zero-order chi connectivity index (χ0) is 28.3. The first-order valence-electron chi connectivity index (χ1n) is 12.7. The number of amides is 1. The number of hydrogen-bond donors (Lipinski definition) is 1. The minimum atomic E-state index is -1.15. The van der Waals surface area contributed by atoms with Gasteiger partial charge in [-0.1, -0.05) is 36.1 Å². The van der Waals surface area contributed by atoms with Crippen LogP contribution in [0.15, 0.2) is 71.2 Å². The highest BCUT2D eigenvalue weighted by molar-refractivity contribution is 5.78. The molecular weight excluding hydrogens is 512 g/mol. The highest BCUT2D eigenvalue weighted by Crippen LogP contribution is 2.23. The van der Waals surface area contributed by atoms with Crippen LogP contribution < -0.4 is 14.2 Å².